The molecule has 0 heterocycles. The SMILES string of the molecule is CCCCCCC(C1CCC(O)C(C(C)(C)C)C1)C1CCC(O)C(C(C)(C)C)C1. The van der Waals surface area contributed by atoms with Gasteiger partial charge in [0.25, 0.3) is 0 Å². The molecule has 2 heteroatoms. The molecule has 6 atom stereocenters. The second kappa shape index (κ2) is 10.5. The van der Waals surface area contributed by atoms with Gasteiger partial charge >= 0.3 is 0 Å². The summed E-state index contributed by atoms with van der Waals surface area (Å²) in [6.07, 6.45) is 13.2. The molecule has 0 spiro atoms. The number of hydrogen-bond acceptors (Lipinski definition) is 2. The van der Waals surface area contributed by atoms with E-state index in [4.69, 9.17) is 0 Å². The average Bonchev–Trinajstić information content (AvgIpc) is 2.61. The third kappa shape index (κ3) is 6.96. The third-order valence-electron chi connectivity index (χ3n) is 8.54. The van der Waals surface area contributed by atoms with E-state index in [2.05, 4.69) is 48.5 Å². The van der Waals surface area contributed by atoms with Gasteiger partial charge in [-0.3, -0.25) is 0 Å². The fourth-order valence-corrected chi connectivity index (χ4v) is 6.68. The van der Waals surface area contributed by atoms with Gasteiger partial charge in [-0.25, -0.2) is 0 Å². The molecule has 0 saturated heterocycles. The van der Waals surface area contributed by atoms with Crippen molar-refractivity contribution in [3.63, 3.8) is 0 Å². The maximum Gasteiger partial charge on any atom is 0.0573 e. The highest BCUT2D eigenvalue weighted by atomic mass is 16.3. The maximum absolute atomic E-state index is 10.7. The molecule has 0 aromatic heterocycles. The van der Waals surface area contributed by atoms with E-state index >= 15 is 0 Å². The Hall–Kier alpha value is -0.0800. The van der Waals surface area contributed by atoms with Crippen LogP contribution in [0, 0.1) is 40.4 Å². The molecule has 2 aliphatic rings. The summed E-state index contributed by atoms with van der Waals surface area (Å²) in [5, 5.41) is 21.4. The lowest BCUT2D eigenvalue weighted by Gasteiger charge is -2.48. The van der Waals surface area contributed by atoms with Crippen molar-refractivity contribution in [2.45, 2.75) is 131 Å². The summed E-state index contributed by atoms with van der Waals surface area (Å²) in [4.78, 5) is 0. The van der Waals surface area contributed by atoms with Crippen LogP contribution in [-0.4, -0.2) is 22.4 Å². The minimum atomic E-state index is -0.123. The molecule has 0 amide bonds. The van der Waals surface area contributed by atoms with Gasteiger partial charge in [0.05, 0.1) is 12.2 Å². The first-order valence-electron chi connectivity index (χ1n) is 12.8. The normalized spacial score (nSPS) is 35.5. The summed E-state index contributed by atoms with van der Waals surface area (Å²) in [5.41, 5.74) is 0.364. The molecule has 172 valence electrons. The molecule has 2 aliphatic carbocycles. The van der Waals surface area contributed by atoms with E-state index in [-0.39, 0.29) is 23.0 Å². The molecule has 2 saturated carbocycles. The summed E-state index contributed by atoms with van der Waals surface area (Å²) >= 11 is 0. The summed E-state index contributed by atoms with van der Waals surface area (Å²) < 4.78 is 0. The number of aliphatic hydroxyl groups is 2. The number of rotatable bonds is 7. The van der Waals surface area contributed by atoms with Crippen molar-refractivity contribution in [1.29, 1.82) is 0 Å². The molecule has 0 bridgehead atoms. The van der Waals surface area contributed by atoms with Gasteiger partial charge in [-0.1, -0.05) is 74.1 Å². The van der Waals surface area contributed by atoms with E-state index in [1.54, 1.807) is 0 Å². The number of hydrogen-bond donors (Lipinski definition) is 2. The van der Waals surface area contributed by atoms with Crippen LogP contribution in [0.25, 0.3) is 0 Å². The minimum Gasteiger partial charge on any atom is -0.393 e. The van der Waals surface area contributed by atoms with Crippen LogP contribution in [-0.2, 0) is 0 Å². The molecule has 2 fully saturated rings. The van der Waals surface area contributed by atoms with Crippen LogP contribution in [0.3, 0.4) is 0 Å². The van der Waals surface area contributed by atoms with Gasteiger partial charge in [0, 0.05) is 0 Å². The summed E-state index contributed by atoms with van der Waals surface area (Å²) in [6.45, 7) is 16.2. The van der Waals surface area contributed by atoms with Gasteiger partial charge in [0.1, 0.15) is 0 Å². The highest BCUT2D eigenvalue weighted by molar-refractivity contribution is 4.94. The van der Waals surface area contributed by atoms with Gasteiger partial charge in [-0.05, 0) is 85.4 Å². The monoisotopic (exact) mass is 408 g/mol. The standard InChI is InChI=1S/C27H52O2/c1-8-9-10-11-12-21(19-13-15-24(28)22(17-19)26(2,3)4)20-14-16-25(29)23(18-20)27(5,6)7/h19-25,28-29H,8-18H2,1-7H3. The lowest BCUT2D eigenvalue weighted by molar-refractivity contribution is -0.0516. The zero-order chi connectivity index (χ0) is 21.8. The van der Waals surface area contributed by atoms with Gasteiger partial charge in [0.15, 0.2) is 0 Å². The quantitative estimate of drug-likeness (QED) is 0.436. The number of unbranched alkanes of at least 4 members (excludes halogenated alkanes) is 3. The molecule has 2 nitrogen and oxygen atoms in total. The predicted octanol–water partition coefficient (Wildman–Crippen LogP) is 7.22. The fraction of sp³-hybridized carbons (Fsp3) is 1.00. The van der Waals surface area contributed by atoms with E-state index in [1.165, 1.54) is 57.8 Å². The second-order valence-corrected chi connectivity index (χ2v) is 12.7. The van der Waals surface area contributed by atoms with Crippen molar-refractivity contribution in [3.05, 3.63) is 0 Å². The molecule has 0 aliphatic heterocycles. The van der Waals surface area contributed by atoms with Gasteiger partial charge in [-0.2, -0.15) is 0 Å². The van der Waals surface area contributed by atoms with E-state index in [9.17, 15) is 10.2 Å². The smallest absolute Gasteiger partial charge is 0.0573 e. The predicted molar refractivity (Wildman–Crippen MR) is 125 cm³/mol. The molecule has 0 radical (unpaired) electrons. The van der Waals surface area contributed by atoms with Crippen molar-refractivity contribution in [1.82, 2.24) is 0 Å². The van der Waals surface area contributed by atoms with Crippen molar-refractivity contribution in [2.75, 3.05) is 0 Å². The Balaban J connectivity index is 2.16. The molecule has 2 rings (SSSR count). The van der Waals surface area contributed by atoms with Crippen molar-refractivity contribution >= 4 is 0 Å². The molecule has 0 aromatic rings. The Morgan fingerprint density at radius 1 is 0.690 bits per heavy atom. The topological polar surface area (TPSA) is 40.5 Å². The molecular formula is C27H52O2. The van der Waals surface area contributed by atoms with Crippen LogP contribution in [0.4, 0.5) is 0 Å². The first-order chi connectivity index (χ1) is 13.4. The van der Waals surface area contributed by atoms with Crippen molar-refractivity contribution in [2.24, 2.45) is 40.4 Å². The van der Waals surface area contributed by atoms with Gasteiger partial charge in [0.2, 0.25) is 0 Å². The van der Waals surface area contributed by atoms with Crippen LogP contribution in [0.1, 0.15) is 119 Å². The Kier molecular flexibility index (Phi) is 9.11. The Bertz CT molecular complexity index is 434. The van der Waals surface area contributed by atoms with Crippen LogP contribution < -0.4 is 0 Å². The molecule has 0 aromatic carbocycles. The van der Waals surface area contributed by atoms with E-state index < -0.39 is 0 Å². The fourth-order valence-electron chi connectivity index (χ4n) is 6.68. The molecule has 29 heavy (non-hydrogen) atoms. The number of aliphatic hydroxyl groups excluding tert-OH is 2. The molecule has 2 N–H and O–H groups in total. The van der Waals surface area contributed by atoms with E-state index in [0.717, 1.165) is 30.6 Å². The van der Waals surface area contributed by atoms with Crippen molar-refractivity contribution < 1.29 is 10.2 Å². The van der Waals surface area contributed by atoms with E-state index in [1.807, 2.05) is 0 Å². The lowest BCUT2D eigenvalue weighted by Crippen LogP contribution is -2.43. The largest absolute Gasteiger partial charge is 0.393 e. The highest BCUT2D eigenvalue weighted by Gasteiger charge is 2.44. The Labute approximate surface area is 182 Å². The van der Waals surface area contributed by atoms with E-state index in [0.29, 0.717) is 11.8 Å². The highest BCUT2D eigenvalue weighted by Crippen LogP contribution is 2.50. The summed E-state index contributed by atoms with van der Waals surface area (Å²) in [7, 11) is 0. The third-order valence-corrected chi connectivity index (χ3v) is 8.54. The van der Waals surface area contributed by atoms with Crippen LogP contribution in [0.2, 0.25) is 0 Å². The van der Waals surface area contributed by atoms with Gasteiger partial charge in [-0.15, -0.1) is 0 Å². The van der Waals surface area contributed by atoms with Crippen LogP contribution in [0.15, 0.2) is 0 Å². The zero-order valence-corrected chi connectivity index (χ0v) is 20.7. The molecular weight excluding hydrogens is 356 g/mol. The second-order valence-electron chi connectivity index (χ2n) is 12.7. The minimum absolute atomic E-state index is 0.123. The summed E-state index contributed by atoms with van der Waals surface area (Å²) in [5.74, 6) is 3.13. The maximum atomic E-state index is 10.7. The van der Waals surface area contributed by atoms with Crippen LogP contribution in [0.5, 0.6) is 0 Å². The van der Waals surface area contributed by atoms with Crippen LogP contribution >= 0.6 is 0 Å². The first kappa shape index (κ1) is 25.2. The average molecular weight is 409 g/mol. The van der Waals surface area contributed by atoms with Crippen molar-refractivity contribution in [3.8, 4) is 0 Å². The zero-order valence-electron chi connectivity index (χ0n) is 20.7. The Morgan fingerprint density at radius 3 is 1.52 bits per heavy atom. The van der Waals surface area contributed by atoms with Gasteiger partial charge < -0.3 is 10.2 Å². The summed E-state index contributed by atoms with van der Waals surface area (Å²) in [6, 6.07) is 0. The molecule has 6 unspecified atom stereocenters. The lowest BCUT2D eigenvalue weighted by atomic mass is 9.58. The Morgan fingerprint density at radius 2 is 1.14 bits per heavy atom. The first-order valence-corrected chi connectivity index (χ1v) is 12.8.